The number of carboxylic acids is 2. The van der Waals surface area contributed by atoms with E-state index in [0.717, 1.165) is 0 Å². The van der Waals surface area contributed by atoms with Crippen molar-refractivity contribution in [2.45, 2.75) is 18.9 Å². The third-order valence-electron chi connectivity index (χ3n) is 1.55. The first-order valence-corrected chi connectivity index (χ1v) is 4.20. The summed E-state index contributed by atoms with van der Waals surface area (Å²) in [6.07, 6.45) is -0.645. The molecule has 0 spiro atoms. The van der Waals surface area contributed by atoms with E-state index >= 15 is 0 Å². The average molecular weight is 219 g/mol. The van der Waals surface area contributed by atoms with E-state index in [-0.39, 0.29) is 13.0 Å². The van der Waals surface area contributed by atoms with Gasteiger partial charge in [0.25, 0.3) is 0 Å². The Morgan fingerprint density at radius 2 is 1.93 bits per heavy atom. The molecular weight excluding hydrogens is 206 g/mol. The van der Waals surface area contributed by atoms with E-state index in [1.807, 2.05) is 0 Å². The Bertz CT molecular complexity index is 252. The van der Waals surface area contributed by atoms with Gasteiger partial charge in [0.1, 0.15) is 6.04 Å². The number of carbonyl (C=O) groups is 3. The van der Waals surface area contributed by atoms with Crippen LogP contribution in [0.4, 0.5) is 0 Å². The summed E-state index contributed by atoms with van der Waals surface area (Å²) in [7, 11) is 1.40. The molecule has 0 bridgehead atoms. The van der Waals surface area contributed by atoms with Gasteiger partial charge in [0.05, 0.1) is 13.0 Å². The van der Waals surface area contributed by atoms with Gasteiger partial charge >= 0.3 is 11.9 Å². The Balaban J connectivity index is 4.10. The molecule has 86 valence electrons. The summed E-state index contributed by atoms with van der Waals surface area (Å²) < 4.78 is 4.61. The molecule has 0 aliphatic carbocycles. The highest BCUT2D eigenvalue weighted by atomic mass is 16.5. The lowest BCUT2D eigenvalue weighted by Crippen LogP contribution is -2.42. The van der Waals surface area contributed by atoms with Crippen molar-refractivity contribution in [2.75, 3.05) is 13.7 Å². The van der Waals surface area contributed by atoms with Gasteiger partial charge in [-0.2, -0.15) is 0 Å². The summed E-state index contributed by atoms with van der Waals surface area (Å²) >= 11 is 0. The molecule has 0 heterocycles. The normalized spacial score (nSPS) is 11.8. The van der Waals surface area contributed by atoms with Crippen LogP contribution in [0.25, 0.3) is 0 Å². The Hall–Kier alpha value is -1.63. The molecule has 15 heavy (non-hydrogen) atoms. The van der Waals surface area contributed by atoms with E-state index in [0.29, 0.717) is 0 Å². The van der Waals surface area contributed by atoms with Gasteiger partial charge in [-0.15, -0.1) is 0 Å². The number of carbonyl (C=O) groups excluding carboxylic acids is 1. The summed E-state index contributed by atoms with van der Waals surface area (Å²) in [5.41, 5.74) is 0. The third-order valence-corrected chi connectivity index (χ3v) is 1.55. The van der Waals surface area contributed by atoms with Crippen molar-refractivity contribution in [1.29, 1.82) is 0 Å². The van der Waals surface area contributed by atoms with Gasteiger partial charge in [-0.1, -0.05) is 0 Å². The van der Waals surface area contributed by atoms with Crippen molar-refractivity contribution < 1.29 is 29.3 Å². The monoisotopic (exact) mass is 219 g/mol. The number of hydrogen-bond donors (Lipinski definition) is 3. The Kier molecular flexibility index (Phi) is 6.03. The molecule has 1 atom stereocenters. The maximum Gasteiger partial charge on any atom is 0.326 e. The van der Waals surface area contributed by atoms with Crippen LogP contribution >= 0.6 is 0 Å². The number of ether oxygens (including phenoxy) is 1. The van der Waals surface area contributed by atoms with E-state index in [1.165, 1.54) is 7.11 Å². The topological polar surface area (TPSA) is 113 Å². The predicted molar refractivity (Wildman–Crippen MR) is 48.3 cm³/mol. The van der Waals surface area contributed by atoms with Crippen molar-refractivity contribution in [2.24, 2.45) is 0 Å². The summed E-state index contributed by atoms with van der Waals surface area (Å²) in [6, 6.07) is -1.40. The second kappa shape index (κ2) is 6.77. The van der Waals surface area contributed by atoms with E-state index in [2.05, 4.69) is 10.1 Å². The van der Waals surface area contributed by atoms with Gasteiger partial charge in [0.2, 0.25) is 5.91 Å². The van der Waals surface area contributed by atoms with Gasteiger partial charge in [-0.25, -0.2) is 4.79 Å². The van der Waals surface area contributed by atoms with E-state index in [4.69, 9.17) is 10.2 Å². The van der Waals surface area contributed by atoms with Crippen molar-refractivity contribution in [3.05, 3.63) is 0 Å². The molecule has 0 aromatic rings. The van der Waals surface area contributed by atoms with Crippen LogP contribution in [0.5, 0.6) is 0 Å². The molecule has 7 nitrogen and oxygen atoms in total. The minimum absolute atomic E-state index is 0.000100. The Morgan fingerprint density at radius 1 is 1.33 bits per heavy atom. The van der Waals surface area contributed by atoms with Crippen LogP contribution in [0.2, 0.25) is 0 Å². The van der Waals surface area contributed by atoms with Gasteiger partial charge in [-0.3, -0.25) is 9.59 Å². The van der Waals surface area contributed by atoms with Crippen LogP contribution in [-0.4, -0.2) is 47.8 Å². The van der Waals surface area contributed by atoms with E-state index in [9.17, 15) is 14.4 Å². The summed E-state index contributed by atoms with van der Waals surface area (Å²) in [5, 5.41) is 19.1. The Morgan fingerprint density at radius 3 is 2.33 bits per heavy atom. The minimum Gasteiger partial charge on any atom is -0.481 e. The first-order valence-electron chi connectivity index (χ1n) is 4.20. The van der Waals surface area contributed by atoms with Gasteiger partial charge in [-0.05, 0) is 0 Å². The first-order chi connectivity index (χ1) is 6.97. The average Bonchev–Trinajstić information content (AvgIpc) is 2.12. The molecular formula is C8H13NO6. The zero-order valence-electron chi connectivity index (χ0n) is 8.23. The number of methoxy groups -OCH3 is 1. The number of aliphatic carboxylic acids is 2. The smallest absolute Gasteiger partial charge is 0.326 e. The standard InChI is InChI=1S/C8H13NO6/c1-15-3-2-6(10)9-5(8(13)14)4-7(11)12/h5H,2-4H2,1H3,(H,9,10)(H,11,12)(H,13,14). The lowest BCUT2D eigenvalue weighted by Gasteiger charge is -2.11. The summed E-state index contributed by atoms with van der Waals surface area (Å²) in [6.45, 7) is 0.158. The number of rotatable bonds is 7. The van der Waals surface area contributed by atoms with Crippen molar-refractivity contribution >= 4 is 17.8 Å². The predicted octanol–water partition coefficient (Wildman–Crippen LogP) is -0.933. The van der Waals surface area contributed by atoms with E-state index < -0.39 is 30.3 Å². The number of hydrogen-bond acceptors (Lipinski definition) is 4. The maximum absolute atomic E-state index is 11.1. The SMILES string of the molecule is COCCC(=O)NC(CC(=O)O)C(=O)O. The zero-order valence-corrected chi connectivity index (χ0v) is 8.23. The lowest BCUT2D eigenvalue weighted by atomic mass is 10.2. The molecule has 1 unspecified atom stereocenters. The minimum atomic E-state index is -1.40. The second-order valence-corrected chi connectivity index (χ2v) is 2.80. The van der Waals surface area contributed by atoms with Crippen molar-refractivity contribution in [1.82, 2.24) is 5.32 Å². The highest BCUT2D eigenvalue weighted by Crippen LogP contribution is 1.94. The number of amides is 1. The third kappa shape index (κ3) is 6.44. The molecule has 0 aromatic heterocycles. The van der Waals surface area contributed by atoms with Gasteiger partial charge in [0.15, 0.2) is 0 Å². The highest BCUT2D eigenvalue weighted by Gasteiger charge is 2.22. The van der Waals surface area contributed by atoms with Crippen LogP contribution < -0.4 is 5.32 Å². The lowest BCUT2D eigenvalue weighted by molar-refractivity contribution is -0.147. The molecule has 7 heteroatoms. The molecule has 0 radical (unpaired) electrons. The molecule has 0 rings (SSSR count). The second-order valence-electron chi connectivity index (χ2n) is 2.80. The Labute approximate surface area is 86.0 Å². The molecule has 0 aromatic carbocycles. The van der Waals surface area contributed by atoms with Crippen LogP contribution in [0.15, 0.2) is 0 Å². The largest absolute Gasteiger partial charge is 0.481 e. The van der Waals surface area contributed by atoms with Gasteiger partial charge in [0, 0.05) is 13.5 Å². The molecule has 1 amide bonds. The molecule has 3 N–H and O–H groups in total. The van der Waals surface area contributed by atoms with Crippen molar-refractivity contribution in [3.63, 3.8) is 0 Å². The molecule has 0 aliphatic heterocycles. The van der Waals surface area contributed by atoms with Crippen LogP contribution in [0.1, 0.15) is 12.8 Å². The summed E-state index contributed by atoms with van der Waals surface area (Å²) in [5.74, 6) is -3.21. The highest BCUT2D eigenvalue weighted by molar-refractivity contribution is 5.86. The molecule has 0 saturated heterocycles. The summed E-state index contributed by atoms with van der Waals surface area (Å²) in [4.78, 5) is 31.9. The van der Waals surface area contributed by atoms with Crippen LogP contribution in [0, 0.1) is 0 Å². The van der Waals surface area contributed by atoms with Crippen LogP contribution in [-0.2, 0) is 19.1 Å². The van der Waals surface area contributed by atoms with Crippen molar-refractivity contribution in [3.8, 4) is 0 Å². The molecule has 0 aliphatic rings. The van der Waals surface area contributed by atoms with E-state index in [1.54, 1.807) is 0 Å². The van der Waals surface area contributed by atoms with Gasteiger partial charge < -0.3 is 20.3 Å². The fourth-order valence-corrected chi connectivity index (χ4v) is 0.836. The molecule has 0 fully saturated rings. The van der Waals surface area contributed by atoms with Crippen LogP contribution in [0.3, 0.4) is 0 Å². The quantitative estimate of drug-likeness (QED) is 0.509. The maximum atomic E-state index is 11.1. The fraction of sp³-hybridized carbons (Fsp3) is 0.625. The number of carboxylic acid groups (broad SMARTS) is 2. The molecule has 0 saturated carbocycles. The zero-order chi connectivity index (χ0) is 11.8. The fourth-order valence-electron chi connectivity index (χ4n) is 0.836. The first kappa shape index (κ1) is 13.4. The number of nitrogens with one attached hydrogen (secondary N) is 1.